The molecule has 0 saturated carbocycles. The molecule has 23 heavy (non-hydrogen) atoms. The molecule has 0 saturated heterocycles. The van der Waals surface area contributed by atoms with Gasteiger partial charge in [0.1, 0.15) is 0 Å². The highest BCUT2D eigenvalue weighted by Gasteiger charge is 2.04. The number of hydrogen-bond donors (Lipinski definition) is 0. The van der Waals surface area contributed by atoms with E-state index in [9.17, 15) is 0 Å². The number of aryl methyl sites for hydroxylation is 2. The molecule has 0 bridgehead atoms. The van der Waals surface area contributed by atoms with Gasteiger partial charge in [-0.2, -0.15) is 0 Å². The first-order valence-electron chi connectivity index (χ1n) is 7.82. The molecule has 0 N–H and O–H groups in total. The third kappa shape index (κ3) is 2.53. The third-order valence-corrected chi connectivity index (χ3v) is 4.38. The van der Waals surface area contributed by atoms with Crippen LogP contribution in [0.15, 0.2) is 73.1 Å². The Labute approximate surface area is 136 Å². The first-order valence-corrected chi connectivity index (χ1v) is 7.82. The summed E-state index contributed by atoms with van der Waals surface area (Å²) in [7, 11) is 0. The number of rotatable bonds is 2. The molecule has 2 heteroatoms. The Morgan fingerprint density at radius 2 is 1.57 bits per heavy atom. The van der Waals surface area contributed by atoms with Crippen LogP contribution in [0.2, 0.25) is 0 Å². The standard InChI is InChI=1S/C21H18N2/c1-15-5-6-18(13-16(15)2)20-10-8-17-7-9-19(14-21(17)22-20)23-11-3-4-12-23/h3-14H,1-2H3. The normalized spacial score (nSPS) is 11.0. The Balaban J connectivity index is 1.84. The lowest BCUT2D eigenvalue weighted by atomic mass is 10.0. The van der Waals surface area contributed by atoms with Crippen LogP contribution in [0.5, 0.6) is 0 Å². The highest BCUT2D eigenvalue weighted by atomic mass is 14.9. The summed E-state index contributed by atoms with van der Waals surface area (Å²) in [5.74, 6) is 0. The molecule has 0 aliphatic carbocycles. The average Bonchev–Trinajstić information content (AvgIpc) is 3.11. The van der Waals surface area contributed by atoms with Crippen molar-refractivity contribution in [2.45, 2.75) is 13.8 Å². The van der Waals surface area contributed by atoms with E-state index in [0.29, 0.717) is 0 Å². The molecule has 0 aliphatic heterocycles. The van der Waals surface area contributed by atoms with Crippen molar-refractivity contribution in [2.75, 3.05) is 0 Å². The van der Waals surface area contributed by atoms with Gasteiger partial charge in [0, 0.05) is 29.0 Å². The lowest BCUT2D eigenvalue weighted by molar-refractivity contribution is 1.08. The maximum absolute atomic E-state index is 4.87. The summed E-state index contributed by atoms with van der Waals surface area (Å²) in [5, 5.41) is 1.16. The highest BCUT2D eigenvalue weighted by Crippen LogP contribution is 2.24. The number of pyridine rings is 1. The van der Waals surface area contributed by atoms with E-state index in [-0.39, 0.29) is 0 Å². The van der Waals surface area contributed by atoms with E-state index in [1.54, 1.807) is 0 Å². The first kappa shape index (κ1) is 13.8. The summed E-state index contributed by atoms with van der Waals surface area (Å²) in [6.45, 7) is 4.28. The van der Waals surface area contributed by atoms with Crippen molar-refractivity contribution >= 4 is 10.9 Å². The van der Waals surface area contributed by atoms with Gasteiger partial charge < -0.3 is 4.57 Å². The molecule has 0 amide bonds. The van der Waals surface area contributed by atoms with Gasteiger partial charge in [0.15, 0.2) is 0 Å². The van der Waals surface area contributed by atoms with Crippen LogP contribution in [0, 0.1) is 13.8 Å². The Morgan fingerprint density at radius 3 is 2.35 bits per heavy atom. The molecule has 4 aromatic rings. The van der Waals surface area contributed by atoms with Gasteiger partial charge in [-0.1, -0.05) is 24.3 Å². The minimum Gasteiger partial charge on any atom is -0.324 e. The van der Waals surface area contributed by atoms with Crippen molar-refractivity contribution in [1.82, 2.24) is 9.55 Å². The summed E-state index contributed by atoms with van der Waals surface area (Å²) in [6.07, 6.45) is 4.10. The maximum atomic E-state index is 4.87. The fourth-order valence-electron chi connectivity index (χ4n) is 2.83. The van der Waals surface area contributed by atoms with Crippen LogP contribution in [0.4, 0.5) is 0 Å². The Morgan fingerprint density at radius 1 is 0.783 bits per heavy atom. The van der Waals surface area contributed by atoms with Crippen LogP contribution in [0.3, 0.4) is 0 Å². The van der Waals surface area contributed by atoms with E-state index in [1.807, 2.05) is 24.5 Å². The molecule has 2 nitrogen and oxygen atoms in total. The van der Waals surface area contributed by atoms with Crippen molar-refractivity contribution in [3.8, 4) is 16.9 Å². The molecular formula is C21H18N2. The lowest BCUT2D eigenvalue weighted by Crippen LogP contribution is -1.92. The van der Waals surface area contributed by atoms with Gasteiger partial charge in [-0.05, 0) is 61.4 Å². The fourth-order valence-corrected chi connectivity index (χ4v) is 2.83. The van der Waals surface area contributed by atoms with Crippen LogP contribution in [0.25, 0.3) is 27.8 Å². The van der Waals surface area contributed by atoms with Gasteiger partial charge in [0.25, 0.3) is 0 Å². The van der Waals surface area contributed by atoms with E-state index < -0.39 is 0 Å². The van der Waals surface area contributed by atoms with E-state index in [4.69, 9.17) is 4.98 Å². The highest BCUT2D eigenvalue weighted by molar-refractivity contribution is 5.83. The molecule has 0 atom stereocenters. The first-order chi connectivity index (χ1) is 11.2. The summed E-state index contributed by atoms with van der Waals surface area (Å²) < 4.78 is 2.10. The minimum atomic E-state index is 1.02. The maximum Gasteiger partial charge on any atom is 0.0730 e. The van der Waals surface area contributed by atoms with Gasteiger partial charge >= 0.3 is 0 Å². The molecule has 4 rings (SSSR count). The van der Waals surface area contributed by atoms with Crippen molar-refractivity contribution in [3.05, 3.63) is 84.2 Å². The molecule has 0 fully saturated rings. The number of benzene rings is 2. The molecule has 0 unspecified atom stereocenters. The van der Waals surface area contributed by atoms with E-state index >= 15 is 0 Å². The quantitative estimate of drug-likeness (QED) is 0.490. The Kier molecular flexibility index (Phi) is 3.23. The zero-order valence-corrected chi connectivity index (χ0v) is 13.3. The van der Waals surface area contributed by atoms with Gasteiger partial charge in [-0.3, -0.25) is 0 Å². The second-order valence-electron chi connectivity index (χ2n) is 5.96. The van der Waals surface area contributed by atoms with Crippen molar-refractivity contribution in [1.29, 1.82) is 0 Å². The Bertz CT molecular complexity index is 982. The topological polar surface area (TPSA) is 17.8 Å². The molecule has 2 heterocycles. The second-order valence-corrected chi connectivity index (χ2v) is 5.96. The zero-order chi connectivity index (χ0) is 15.8. The van der Waals surface area contributed by atoms with Crippen molar-refractivity contribution in [3.63, 3.8) is 0 Å². The predicted octanol–water partition coefficient (Wildman–Crippen LogP) is 5.31. The van der Waals surface area contributed by atoms with Crippen LogP contribution in [-0.4, -0.2) is 9.55 Å². The minimum absolute atomic E-state index is 1.02. The van der Waals surface area contributed by atoms with Crippen molar-refractivity contribution < 1.29 is 0 Å². The van der Waals surface area contributed by atoms with E-state index in [0.717, 1.165) is 22.3 Å². The largest absolute Gasteiger partial charge is 0.324 e. The van der Waals surface area contributed by atoms with Gasteiger partial charge in [-0.25, -0.2) is 4.98 Å². The van der Waals surface area contributed by atoms with Crippen LogP contribution < -0.4 is 0 Å². The number of fused-ring (bicyclic) bond motifs is 1. The number of hydrogen-bond acceptors (Lipinski definition) is 1. The fraction of sp³-hybridized carbons (Fsp3) is 0.0952. The number of aromatic nitrogens is 2. The molecule has 0 aliphatic rings. The smallest absolute Gasteiger partial charge is 0.0730 e. The summed E-state index contributed by atoms with van der Waals surface area (Å²) in [5.41, 5.74) is 6.95. The molecule has 0 spiro atoms. The molecule has 112 valence electrons. The Hall–Kier alpha value is -2.87. The average molecular weight is 298 g/mol. The lowest BCUT2D eigenvalue weighted by Gasteiger charge is -2.08. The van der Waals surface area contributed by atoms with Gasteiger partial charge in [-0.15, -0.1) is 0 Å². The van der Waals surface area contributed by atoms with Crippen LogP contribution in [0.1, 0.15) is 11.1 Å². The molecule has 2 aromatic carbocycles. The van der Waals surface area contributed by atoms with Gasteiger partial charge in [0.2, 0.25) is 0 Å². The van der Waals surface area contributed by atoms with Crippen molar-refractivity contribution in [2.24, 2.45) is 0 Å². The second kappa shape index (κ2) is 5.40. The zero-order valence-electron chi connectivity index (χ0n) is 13.3. The molecule has 0 radical (unpaired) electrons. The summed E-state index contributed by atoms with van der Waals surface area (Å²) in [4.78, 5) is 4.87. The predicted molar refractivity (Wildman–Crippen MR) is 96.0 cm³/mol. The monoisotopic (exact) mass is 298 g/mol. The van der Waals surface area contributed by atoms with Gasteiger partial charge in [0.05, 0.1) is 11.2 Å². The number of nitrogens with zero attached hydrogens (tertiary/aromatic N) is 2. The molecule has 2 aromatic heterocycles. The van der Waals surface area contributed by atoms with E-state index in [2.05, 4.69) is 66.9 Å². The van der Waals surface area contributed by atoms with E-state index in [1.165, 1.54) is 16.7 Å². The van der Waals surface area contributed by atoms with Crippen LogP contribution >= 0.6 is 0 Å². The summed E-state index contributed by atoms with van der Waals surface area (Å²) in [6, 6.07) is 21.2. The SMILES string of the molecule is Cc1ccc(-c2ccc3ccc(-n4cccc4)cc3n2)cc1C. The third-order valence-electron chi connectivity index (χ3n) is 4.38. The van der Waals surface area contributed by atoms with Crippen LogP contribution in [-0.2, 0) is 0 Å². The summed E-state index contributed by atoms with van der Waals surface area (Å²) >= 11 is 0. The molecular weight excluding hydrogens is 280 g/mol.